The van der Waals surface area contributed by atoms with Crippen LogP contribution < -0.4 is 10.2 Å². The molecule has 8 heteroatoms. The SMILES string of the molecule is CC(=O)NC[C@H]1CN(c2ccc(C3(C#N)C4CN(CC#N)CC43)cc2)C(=O)O1. The molecular weight excluding hydrogens is 358 g/mol. The number of fused-ring (bicyclic) bond motifs is 1. The Kier molecular flexibility index (Phi) is 4.44. The molecule has 0 spiro atoms. The maximum Gasteiger partial charge on any atom is 0.414 e. The van der Waals surface area contributed by atoms with Gasteiger partial charge in [-0.15, -0.1) is 0 Å². The summed E-state index contributed by atoms with van der Waals surface area (Å²) in [5, 5.41) is 21.3. The molecule has 0 bridgehead atoms. The Morgan fingerprint density at radius 2 is 1.93 bits per heavy atom. The lowest BCUT2D eigenvalue weighted by molar-refractivity contribution is -0.119. The quantitative estimate of drug-likeness (QED) is 0.764. The molecule has 3 atom stereocenters. The summed E-state index contributed by atoms with van der Waals surface area (Å²) in [5.74, 6) is 0.356. The topological polar surface area (TPSA) is 109 Å². The highest BCUT2D eigenvalue weighted by Crippen LogP contribution is 2.63. The summed E-state index contributed by atoms with van der Waals surface area (Å²) in [4.78, 5) is 26.8. The van der Waals surface area contributed by atoms with Gasteiger partial charge in [-0.05, 0) is 17.7 Å². The summed E-state index contributed by atoms with van der Waals surface area (Å²) in [6.07, 6.45) is -0.816. The molecule has 144 valence electrons. The molecule has 28 heavy (non-hydrogen) atoms. The van der Waals surface area contributed by atoms with Gasteiger partial charge in [-0.2, -0.15) is 10.5 Å². The fourth-order valence-electron chi connectivity index (χ4n) is 4.61. The lowest BCUT2D eigenvalue weighted by atomic mass is 9.91. The monoisotopic (exact) mass is 379 g/mol. The van der Waals surface area contributed by atoms with E-state index in [9.17, 15) is 14.9 Å². The van der Waals surface area contributed by atoms with Gasteiger partial charge in [-0.3, -0.25) is 14.6 Å². The third-order valence-electron chi connectivity index (χ3n) is 6.04. The average molecular weight is 379 g/mol. The van der Waals surface area contributed by atoms with E-state index >= 15 is 0 Å². The first kappa shape index (κ1) is 18.3. The number of piperidine rings is 1. The zero-order valence-corrected chi connectivity index (χ0v) is 15.6. The minimum Gasteiger partial charge on any atom is -0.442 e. The van der Waals surface area contributed by atoms with E-state index in [1.807, 2.05) is 24.3 Å². The Labute approximate surface area is 163 Å². The molecular formula is C20H21N5O3. The van der Waals surface area contributed by atoms with Gasteiger partial charge >= 0.3 is 6.09 Å². The number of carbonyl (C=O) groups excluding carboxylic acids is 2. The molecule has 1 N–H and O–H groups in total. The fraction of sp³-hybridized carbons (Fsp3) is 0.500. The number of hydrogen-bond donors (Lipinski definition) is 1. The molecule has 0 aromatic heterocycles. The van der Waals surface area contributed by atoms with Crippen molar-refractivity contribution in [1.29, 1.82) is 10.5 Å². The van der Waals surface area contributed by atoms with E-state index in [0.717, 1.165) is 18.7 Å². The Morgan fingerprint density at radius 1 is 1.25 bits per heavy atom. The van der Waals surface area contributed by atoms with Gasteiger partial charge in [-0.25, -0.2) is 4.79 Å². The number of nitrogens with one attached hydrogen (secondary N) is 1. The number of nitriles is 2. The second-order valence-corrected chi connectivity index (χ2v) is 7.65. The van der Waals surface area contributed by atoms with Crippen LogP contribution >= 0.6 is 0 Å². The highest BCUT2D eigenvalue weighted by Gasteiger charge is 2.69. The molecule has 1 aliphatic carbocycles. The molecule has 2 saturated heterocycles. The van der Waals surface area contributed by atoms with Crippen molar-refractivity contribution in [3.05, 3.63) is 29.8 Å². The molecule has 1 aromatic rings. The van der Waals surface area contributed by atoms with Gasteiger partial charge in [0.05, 0.1) is 37.2 Å². The van der Waals surface area contributed by atoms with Gasteiger partial charge < -0.3 is 10.1 Å². The summed E-state index contributed by atoms with van der Waals surface area (Å²) in [6.45, 7) is 4.04. The van der Waals surface area contributed by atoms with Gasteiger partial charge in [0.1, 0.15) is 6.10 Å². The van der Waals surface area contributed by atoms with Gasteiger partial charge in [-0.1, -0.05) is 12.1 Å². The van der Waals surface area contributed by atoms with Crippen LogP contribution in [0, 0.1) is 34.5 Å². The van der Waals surface area contributed by atoms with Gasteiger partial charge in [0.25, 0.3) is 0 Å². The van der Waals surface area contributed by atoms with Crippen molar-refractivity contribution in [2.45, 2.75) is 18.4 Å². The summed E-state index contributed by atoms with van der Waals surface area (Å²) >= 11 is 0. The first-order chi connectivity index (χ1) is 13.5. The second kappa shape index (κ2) is 6.81. The zero-order valence-electron chi connectivity index (χ0n) is 15.6. The van der Waals surface area contributed by atoms with Crippen LogP contribution in [0.3, 0.4) is 0 Å². The minimum atomic E-state index is -0.482. The molecule has 1 saturated carbocycles. The number of rotatable bonds is 5. The van der Waals surface area contributed by atoms with Gasteiger partial charge in [0, 0.05) is 37.5 Å². The first-order valence-corrected chi connectivity index (χ1v) is 9.33. The summed E-state index contributed by atoms with van der Waals surface area (Å²) in [5.41, 5.74) is 1.20. The number of hydrogen-bond acceptors (Lipinski definition) is 6. The maximum atomic E-state index is 12.1. The van der Waals surface area contributed by atoms with Crippen molar-refractivity contribution >= 4 is 17.7 Å². The number of nitrogens with zero attached hydrogens (tertiary/aromatic N) is 4. The lowest BCUT2D eigenvalue weighted by Gasteiger charge is -2.21. The summed E-state index contributed by atoms with van der Waals surface area (Å²) in [6, 6.07) is 12.2. The van der Waals surface area contributed by atoms with Crippen molar-refractivity contribution < 1.29 is 14.3 Å². The van der Waals surface area contributed by atoms with Crippen LogP contribution in [0.4, 0.5) is 10.5 Å². The first-order valence-electron chi connectivity index (χ1n) is 9.33. The Bertz CT molecular complexity index is 873. The summed E-state index contributed by atoms with van der Waals surface area (Å²) in [7, 11) is 0. The molecule has 4 rings (SSSR count). The Balaban J connectivity index is 1.44. The standard InChI is InChI=1S/C20H21N5O3/c1-13(26)23-8-16-9-25(19(27)28-16)15-4-2-14(3-5-15)20(12-22)17-10-24(7-6-21)11-18(17)20/h2-5,16-18H,7-11H2,1H3,(H,23,26)/t16-,17?,18?,20?/m0/s1. The Morgan fingerprint density at radius 3 is 2.50 bits per heavy atom. The largest absolute Gasteiger partial charge is 0.442 e. The zero-order chi connectivity index (χ0) is 19.9. The van der Waals surface area contributed by atoms with E-state index < -0.39 is 11.5 Å². The number of carbonyl (C=O) groups is 2. The van der Waals surface area contributed by atoms with Crippen LogP contribution in [-0.4, -0.2) is 55.7 Å². The predicted molar refractivity (Wildman–Crippen MR) is 99.1 cm³/mol. The van der Waals surface area contributed by atoms with Crippen LogP contribution in [0.5, 0.6) is 0 Å². The van der Waals surface area contributed by atoms with Gasteiger partial charge in [0.2, 0.25) is 5.91 Å². The predicted octanol–water partition coefficient (Wildman–Crippen LogP) is 0.994. The van der Waals surface area contributed by atoms with E-state index in [1.54, 1.807) is 0 Å². The number of likely N-dealkylation sites (tertiary alicyclic amines) is 1. The van der Waals surface area contributed by atoms with Crippen LogP contribution in [0.25, 0.3) is 0 Å². The van der Waals surface area contributed by atoms with E-state index in [4.69, 9.17) is 10.00 Å². The number of anilines is 1. The smallest absolute Gasteiger partial charge is 0.414 e. The molecule has 0 radical (unpaired) electrons. The van der Waals surface area contributed by atoms with E-state index in [0.29, 0.717) is 18.8 Å². The van der Waals surface area contributed by atoms with Gasteiger partial charge in [0.15, 0.2) is 0 Å². The number of cyclic esters (lactones) is 1. The number of amides is 2. The molecule has 8 nitrogen and oxygen atoms in total. The van der Waals surface area contributed by atoms with E-state index in [-0.39, 0.29) is 30.4 Å². The maximum absolute atomic E-state index is 12.1. The number of ether oxygens (including phenoxy) is 1. The van der Waals surface area contributed by atoms with Crippen molar-refractivity contribution in [2.24, 2.45) is 11.8 Å². The normalized spacial score (nSPS) is 30.9. The summed E-state index contributed by atoms with van der Waals surface area (Å²) < 4.78 is 5.29. The van der Waals surface area contributed by atoms with Crippen molar-refractivity contribution in [3.63, 3.8) is 0 Å². The Hall–Kier alpha value is -3.10. The molecule has 2 unspecified atom stereocenters. The van der Waals surface area contributed by atoms with Crippen LogP contribution in [0.15, 0.2) is 24.3 Å². The molecule has 2 aliphatic heterocycles. The highest BCUT2D eigenvalue weighted by atomic mass is 16.6. The molecule has 2 amide bonds. The van der Waals surface area contributed by atoms with Crippen LogP contribution in [-0.2, 0) is 14.9 Å². The third-order valence-corrected chi connectivity index (χ3v) is 6.04. The average Bonchev–Trinajstić information content (AvgIpc) is 2.98. The van der Waals surface area contributed by atoms with Crippen LogP contribution in [0.1, 0.15) is 12.5 Å². The molecule has 2 heterocycles. The number of benzene rings is 1. The fourth-order valence-corrected chi connectivity index (χ4v) is 4.61. The van der Waals surface area contributed by atoms with Crippen LogP contribution in [0.2, 0.25) is 0 Å². The molecule has 3 aliphatic rings. The van der Waals surface area contributed by atoms with Crippen molar-refractivity contribution in [3.8, 4) is 12.1 Å². The highest BCUT2D eigenvalue weighted by molar-refractivity contribution is 5.89. The molecule has 3 fully saturated rings. The van der Waals surface area contributed by atoms with E-state index in [2.05, 4.69) is 22.4 Å². The van der Waals surface area contributed by atoms with Crippen molar-refractivity contribution in [2.75, 3.05) is 37.6 Å². The lowest BCUT2D eigenvalue weighted by Crippen LogP contribution is -2.33. The van der Waals surface area contributed by atoms with E-state index in [1.165, 1.54) is 11.8 Å². The minimum absolute atomic E-state index is 0.163. The third kappa shape index (κ3) is 2.87. The second-order valence-electron chi connectivity index (χ2n) is 7.65. The molecule has 1 aromatic carbocycles. The van der Waals surface area contributed by atoms with Crippen molar-refractivity contribution in [1.82, 2.24) is 10.2 Å².